The zero-order valence-corrected chi connectivity index (χ0v) is 12.5. The van der Waals surface area contributed by atoms with Crippen molar-refractivity contribution in [1.29, 1.82) is 0 Å². The fraction of sp³-hybridized carbons (Fsp3) is 0.167. The van der Waals surface area contributed by atoms with Gasteiger partial charge < -0.3 is 14.2 Å². The van der Waals surface area contributed by atoms with Crippen LogP contribution in [0, 0.1) is 0 Å². The molecule has 4 nitrogen and oxygen atoms in total. The first-order valence-electron chi connectivity index (χ1n) is 6.91. The van der Waals surface area contributed by atoms with Crippen LogP contribution in [0.15, 0.2) is 36.4 Å². The second-order valence-electron chi connectivity index (χ2n) is 4.93. The summed E-state index contributed by atoms with van der Waals surface area (Å²) in [5.74, 6) is 1.17. The molecule has 0 atom stereocenters. The highest BCUT2D eigenvalue weighted by Gasteiger charge is 2.24. The Kier molecular flexibility index (Phi) is 3.83. The molecular weight excluding hydrogens is 280 g/mol. The molecule has 0 saturated carbocycles. The number of cyclic esters (lactones) is 1. The molecule has 1 heterocycles. The number of carbonyl (C=O) groups excluding carboxylic acids is 1. The number of fused-ring (bicyclic) bond motifs is 1. The highest BCUT2D eigenvalue weighted by Crippen LogP contribution is 2.30. The molecule has 1 aliphatic rings. The molecule has 3 rings (SSSR count). The van der Waals surface area contributed by atoms with Crippen LogP contribution in [0.4, 0.5) is 0 Å². The van der Waals surface area contributed by atoms with Crippen LogP contribution in [0.2, 0.25) is 0 Å². The lowest BCUT2D eigenvalue weighted by Crippen LogP contribution is -1.96. The van der Waals surface area contributed by atoms with Gasteiger partial charge in [-0.05, 0) is 35.4 Å². The van der Waals surface area contributed by atoms with Gasteiger partial charge in [-0.1, -0.05) is 24.3 Å². The van der Waals surface area contributed by atoms with Crippen LogP contribution in [0.1, 0.15) is 27.0 Å². The molecule has 4 heteroatoms. The fourth-order valence-corrected chi connectivity index (χ4v) is 2.39. The maximum absolute atomic E-state index is 11.7. The van der Waals surface area contributed by atoms with Crippen molar-refractivity contribution in [2.24, 2.45) is 0 Å². The highest BCUT2D eigenvalue weighted by molar-refractivity contribution is 5.95. The summed E-state index contributed by atoms with van der Waals surface area (Å²) in [6.45, 7) is 0.306. The summed E-state index contributed by atoms with van der Waals surface area (Å²) in [5, 5.41) is 0. The van der Waals surface area contributed by atoms with E-state index >= 15 is 0 Å². The average Bonchev–Trinajstić information content (AvgIpc) is 2.94. The maximum atomic E-state index is 11.7. The second kappa shape index (κ2) is 5.93. The van der Waals surface area contributed by atoms with Crippen LogP contribution in [-0.4, -0.2) is 20.2 Å². The first-order chi connectivity index (χ1) is 10.7. The van der Waals surface area contributed by atoms with Crippen LogP contribution in [0.3, 0.4) is 0 Å². The molecule has 0 fully saturated rings. The Morgan fingerprint density at radius 1 is 1.00 bits per heavy atom. The molecule has 112 valence electrons. The number of benzene rings is 2. The van der Waals surface area contributed by atoms with E-state index in [9.17, 15) is 4.79 Å². The number of hydrogen-bond donors (Lipinski definition) is 0. The van der Waals surface area contributed by atoms with E-state index in [2.05, 4.69) is 0 Å². The average molecular weight is 296 g/mol. The first kappa shape index (κ1) is 14.2. The van der Waals surface area contributed by atoms with Crippen molar-refractivity contribution in [1.82, 2.24) is 0 Å². The van der Waals surface area contributed by atoms with Crippen molar-refractivity contribution >= 4 is 18.1 Å². The summed E-state index contributed by atoms with van der Waals surface area (Å²) < 4.78 is 15.5. The van der Waals surface area contributed by atoms with Crippen molar-refractivity contribution in [2.75, 3.05) is 14.2 Å². The van der Waals surface area contributed by atoms with Crippen LogP contribution in [0.25, 0.3) is 12.2 Å². The van der Waals surface area contributed by atoms with E-state index in [0.29, 0.717) is 17.9 Å². The summed E-state index contributed by atoms with van der Waals surface area (Å²) in [6, 6.07) is 11.4. The minimum atomic E-state index is -0.298. The van der Waals surface area contributed by atoms with E-state index in [1.807, 2.05) is 42.5 Å². The Labute approximate surface area is 128 Å². The van der Waals surface area contributed by atoms with E-state index in [1.165, 1.54) is 0 Å². The van der Waals surface area contributed by atoms with Crippen molar-refractivity contribution in [3.8, 4) is 11.5 Å². The smallest absolute Gasteiger partial charge is 0.339 e. The van der Waals surface area contributed by atoms with Crippen molar-refractivity contribution in [2.45, 2.75) is 6.61 Å². The van der Waals surface area contributed by atoms with E-state index in [1.54, 1.807) is 20.3 Å². The number of rotatable bonds is 4. The van der Waals surface area contributed by atoms with Crippen LogP contribution in [0.5, 0.6) is 11.5 Å². The van der Waals surface area contributed by atoms with Gasteiger partial charge in [0, 0.05) is 5.56 Å². The third kappa shape index (κ3) is 2.68. The third-order valence-corrected chi connectivity index (χ3v) is 3.63. The van der Waals surface area contributed by atoms with Gasteiger partial charge in [-0.2, -0.15) is 0 Å². The molecule has 2 aromatic carbocycles. The lowest BCUT2D eigenvalue weighted by molar-refractivity contribution is 0.0535. The van der Waals surface area contributed by atoms with Gasteiger partial charge in [-0.3, -0.25) is 0 Å². The number of hydrogen-bond acceptors (Lipinski definition) is 4. The van der Waals surface area contributed by atoms with Gasteiger partial charge in [-0.25, -0.2) is 4.79 Å². The van der Waals surface area contributed by atoms with Gasteiger partial charge in [0.05, 0.1) is 19.8 Å². The molecule has 0 unspecified atom stereocenters. The predicted molar refractivity (Wildman–Crippen MR) is 84.0 cm³/mol. The van der Waals surface area contributed by atoms with Crippen LogP contribution >= 0.6 is 0 Å². The first-order valence-corrected chi connectivity index (χ1v) is 6.91. The Balaban J connectivity index is 1.94. The normalized spacial score (nSPS) is 13.1. The summed E-state index contributed by atoms with van der Waals surface area (Å²) in [7, 11) is 3.22. The summed E-state index contributed by atoms with van der Waals surface area (Å²) in [4.78, 5) is 11.7. The van der Waals surface area contributed by atoms with E-state index in [-0.39, 0.29) is 5.97 Å². The van der Waals surface area contributed by atoms with Gasteiger partial charge in [0.25, 0.3) is 0 Å². The van der Waals surface area contributed by atoms with Gasteiger partial charge in [0.1, 0.15) is 18.1 Å². The van der Waals surface area contributed by atoms with Crippen molar-refractivity contribution in [3.63, 3.8) is 0 Å². The number of ether oxygens (including phenoxy) is 3. The van der Waals surface area contributed by atoms with E-state index in [4.69, 9.17) is 14.2 Å². The van der Waals surface area contributed by atoms with E-state index < -0.39 is 0 Å². The maximum Gasteiger partial charge on any atom is 0.339 e. The minimum absolute atomic E-state index is 0.298. The summed E-state index contributed by atoms with van der Waals surface area (Å²) in [5.41, 5.74) is 3.45. The van der Waals surface area contributed by atoms with Gasteiger partial charge in [-0.15, -0.1) is 0 Å². The SMILES string of the molecule is COc1ccc(/C=C/c2cc(OC)cc3c2COC3=O)cc1. The zero-order chi connectivity index (χ0) is 15.5. The molecule has 0 radical (unpaired) electrons. The molecule has 2 aromatic rings. The Bertz CT molecular complexity index is 729. The largest absolute Gasteiger partial charge is 0.497 e. The molecule has 0 aromatic heterocycles. The van der Waals surface area contributed by atoms with Crippen LogP contribution in [-0.2, 0) is 11.3 Å². The summed E-state index contributed by atoms with van der Waals surface area (Å²) in [6.07, 6.45) is 3.95. The molecule has 0 saturated heterocycles. The molecule has 1 aliphatic heterocycles. The van der Waals surface area contributed by atoms with Crippen molar-refractivity contribution < 1.29 is 19.0 Å². The highest BCUT2D eigenvalue weighted by atomic mass is 16.5. The number of methoxy groups -OCH3 is 2. The minimum Gasteiger partial charge on any atom is -0.497 e. The molecule has 22 heavy (non-hydrogen) atoms. The van der Waals surface area contributed by atoms with Gasteiger partial charge in [0.2, 0.25) is 0 Å². The quantitative estimate of drug-likeness (QED) is 0.639. The lowest BCUT2D eigenvalue weighted by Gasteiger charge is -2.06. The van der Waals surface area contributed by atoms with Gasteiger partial charge >= 0.3 is 5.97 Å². The number of carbonyl (C=O) groups is 1. The standard InChI is InChI=1S/C18H16O4/c1-20-14-7-4-12(5-8-14)3-6-13-9-15(21-2)10-16-17(13)11-22-18(16)19/h3-10H,11H2,1-2H3/b6-3+. The molecule has 0 amide bonds. The molecule has 0 bridgehead atoms. The molecular formula is C18H16O4. The summed E-state index contributed by atoms with van der Waals surface area (Å²) >= 11 is 0. The monoisotopic (exact) mass is 296 g/mol. The van der Waals surface area contributed by atoms with E-state index in [0.717, 1.165) is 22.4 Å². The van der Waals surface area contributed by atoms with Crippen LogP contribution < -0.4 is 9.47 Å². The Hall–Kier alpha value is -2.75. The Morgan fingerprint density at radius 3 is 2.41 bits per heavy atom. The predicted octanol–water partition coefficient (Wildman–Crippen LogP) is 3.54. The third-order valence-electron chi connectivity index (χ3n) is 3.63. The lowest BCUT2D eigenvalue weighted by atomic mass is 10.0. The molecule has 0 spiro atoms. The second-order valence-corrected chi connectivity index (χ2v) is 4.93. The fourth-order valence-electron chi connectivity index (χ4n) is 2.39. The Morgan fingerprint density at radius 2 is 1.73 bits per heavy atom. The zero-order valence-electron chi connectivity index (χ0n) is 12.5. The number of esters is 1. The topological polar surface area (TPSA) is 44.8 Å². The van der Waals surface area contributed by atoms with Crippen molar-refractivity contribution in [3.05, 3.63) is 58.7 Å². The molecule has 0 N–H and O–H groups in total. The van der Waals surface area contributed by atoms with Gasteiger partial charge in [0.15, 0.2) is 0 Å². The molecule has 0 aliphatic carbocycles.